The summed E-state index contributed by atoms with van der Waals surface area (Å²) in [4.78, 5) is 36.0. The van der Waals surface area contributed by atoms with Crippen molar-refractivity contribution in [3.63, 3.8) is 0 Å². The summed E-state index contributed by atoms with van der Waals surface area (Å²) in [5.41, 5.74) is 1.18. The minimum absolute atomic E-state index is 0.0166. The van der Waals surface area contributed by atoms with Crippen LogP contribution in [0.5, 0.6) is 0 Å². The van der Waals surface area contributed by atoms with Gasteiger partial charge in [0.15, 0.2) is 0 Å². The molecule has 4 rings (SSSR count). The van der Waals surface area contributed by atoms with Gasteiger partial charge in [-0.3, -0.25) is 9.63 Å². The van der Waals surface area contributed by atoms with E-state index in [4.69, 9.17) is 4.84 Å². The molecule has 1 aromatic rings. The molecule has 7 heteroatoms. The Bertz CT molecular complexity index is 769. The highest BCUT2D eigenvalue weighted by molar-refractivity contribution is 5.88. The van der Waals surface area contributed by atoms with Gasteiger partial charge in [0.2, 0.25) is 5.91 Å². The average molecular weight is 415 g/mol. The smallest absolute Gasteiger partial charge is 0.345 e. The number of urea groups is 1. The Labute approximate surface area is 179 Å². The van der Waals surface area contributed by atoms with E-state index in [2.05, 4.69) is 31.1 Å². The molecule has 3 aliphatic rings. The van der Waals surface area contributed by atoms with Gasteiger partial charge in [-0.15, -0.1) is 0 Å². The second-order valence-electron chi connectivity index (χ2n) is 9.87. The number of carbonyl (C=O) groups excluding carboxylic acids is 2. The van der Waals surface area contributed by atoms with Crippen LogP contribution in [0.4, 0.5) is 4.79 Å². The lowest BCUT2D eigenvalue weighted by molar-refractivity contribution is -0.140. The number of rotatable bonds is 5. The van der Waals surface area contributed by atoms with Gasteiger partial charge in [0.25, 0.3) is 0 Å². The van der Waals surface area contributed by atoms with E-state index in [0.29, 0.717) is 19.6 Å². The van der Waals surface area contributed by atoms with Crippen LogP contribution >= 0.6 is 0 Å². The number of likely N-dealkylation sites (tertiary alicyclic amines) is 1. The fourth-order valence-corrected chi connectivity index (χ4v) is 5.23. The molecule has 1 N–H and O–H groups in total. The van der Waals surface area contributed by atoms with Gasteiger partial charge in [-0.1, -0.05) is 44.2 Å². The predicted molar refractivity (Wildman–Crippen MR) is 114 cm³/mol. The molecule has 3 fully saturated rings. The predicted octanol–water partition coefficient (Wildman–Crippen LogP) is 2.62. The number of hydrogen-bond acceptors (Lipinski definition) is 4. The Hall–Kier alpha value is -2.12. The number of hydrogen-bond donors (Lipinski definition) is 1. The Morgan fingerprint density at radius 3 is 2.73 bits per heavy atom. The van der Waals surface area contributed by atoms with Crippen molar-refractivity contribution in [3.8, 4) is 0 Å². The number of fused-ring (bicyclic) bond motifs is 2. The summed E-state index contributed by atoms with van der Waals surface area (Å²) >= 11 is 0. The van der Waals surface area contributed by atoms with Gasteiger partial charge in [-0.05, 0) is 50.3 Å². The van der Waals surface area contributed by atoms with Crippen molar-refractivity contribution in [1.82, 2.24) is 20.2 Å². The van der Waals surface area contributed by atoms with E-state index in [-0.39, 0.29) is 29.4 Å². The zero-order chi connectivity index (χ0) is 21.3. The molecule has 3 unspecified atom stereocenters. The first-order valence-corrected chi connectivity index (χ1v) is 11.1. The number of carbonyl (C=O) groups is 2. The third-order valence-electron chi connectivity index (χ3n) is 6.54. The maximum Gasteiger partial charge on any atom is 0.345 e. The van der Waals surface area contributed by atoms with Crippen LogP contribution in [0.15, 0.2) is 30.3 Å². The fraction of sp³-hybridized carbons (Fsp3) is 0.652. The summed E-state index contributed by atoms with van der Waals surface area (Å²) in [5.74, 6) is -0.0166. The summed E-state index contributed by atoms with van der Waals surface area (Å²) in [7, 11) is 2.14. The molecule has 0 spiro atoms. The lowest BCUT2D eigenvalue weighted by Gasteiger charge is -2.32. The molecule has 2 bridgehead atoms. The van der Waals surface area contributed by atoms with Gasteiger partial charge in [0, 0.05) is 19.1 Å². The highest BCUT2D eigenvalue weighted by Gasteiger charge is 2.48. The minimum Gasteiger partial charge on any atom is -0.352 e. The summed E-state index contributed by atoms with van der Waals surface area (Å²) in [5, 5.41) is 4.75. The van der Waals surface area contributed by atoms with Crippen molar-refractivity contribution in [2.45, 2.75) is 64.3 Å². The lowest BCUT2D eigenvalue weighted by Crippen LogP contribution is -2.52. The van der Waals surface area contributed by atoms with Gasteiger partial charge >= 0.3 is 6.03 Å². The zero-order valence-corrected chi connectivity index (χ0v) is 18.3. The lowest BCUT2D eigenvalue weighted by atomic mass is 9.85. The molecule has 1 aromatic carbocycles. The SMILES string of the molecule is CN1CCC(NC(=O)C2CCC3CN2C(=O)N3OCc2ccccc2)CC(C)(C)C1. The molecule has 0 aliphatic carbocycles. The monoisotopic (exact) mass is 414 g/mol. The Balaban J connectivity index is 1.36. The minimum atomic E-state index is -0.400. The van der Waals surface area contributed by atoms with Crippen molar-refractivity contribution in [1.29, 1.82) is 0 Å². The van der Waals surface area contributed by atoms with Gasteiger partial charge in [-0.2, -0.15) is 5.06 Å². The summed E-state index contributed by atoms with van der Waals surface area (Å²) < 4.78 is 0. The molecular formula is C23H34N4O3. The molecule has 164 valence electrons. The van der Waals surface area contributed by atoms with Gasteiger partial charge in [0.05, 0.1) is 6.04 Å². The highest BCUT2D eigenvalue weighted by Crippen LogP contribution is 2.32. The highest BCUT2D eigenvalue weighted by atomic mass is 16.7. The summed E-state index contributed by atoms with van der Waals surface area (Å²) in [6, 6.07) is 9.43. The van der Waals surface area contributed by atoms with Crippen LogP contribution in [-0.4, -0.2) is 71.6 Å². The van der Waals surface area contributed by atoms with E-state index < -0.39 is 6.04 Å². The van der Waals surface area contributed by atoms with Crippen molar-refractivity contribution in [3.05, 3.63) is 35.9 Å². The van der Waals surface area contributed by atoms with Gasteiger partial charge in [-0.25, -0.2) is 4.79 Å². The van der Waals surface area contributed by atoms with Crippen molar-refractivity contribution in [2.24, 2.45) is 5.41 Å². The maximum atomic E-state index is 13.1. The van der Waals surface area contributed by atoms with Gasteiger partial charge < -0.3 is 15.1 Å². The van der Waals surface area contributed by atoms with Crippen molar-refractivity contribution >= 4 is 11.9 Å². The second kappa shape index (κ2) is 8.55. The van der Waals surface area contributed by atoms with E-state index in [1.807, 2.05) is 30.3 Å². The van der Waals surface area contributed by atoms with Crippen LogP contribution in [0, 0.1) is 5.41 Å². The molecule has 3 amide bonds. The van der Waals surface area contributed by atoms with E-state index in [0.717, 1.165) is 37.9 Å². The van der Waals surface area contributed by atoms with E-state index >= 15 is 0 Å². The van der Waals surface area contributed by atoms with Crippen LogP contribution < -0.4 is 5.32 Å². The topological polar surface area (TPSA) is 65.1 Å². The third-order valence-corrected chi connectivity index (χ3v) is 6.54. The van der Waals surface area contributed by atoms with E-state index in [9.17, 15) is 9.59 Å². The number of benzene rings is 1. The molecule has 3 atom stereocenters. The van der Waals surface area contributed by atoms with Crippen LogP contribution in [0.3, 0.4) is 0 Å². The Morgan fingerprint density at radius 1 is 1.20 bits per heavy atom. The molecular weight excluding hydrogens is 380 g/mol. The van der Waals surface area contributed by atoms with Crippen molar-refractivity contribution in [2.75, 3.05) is 26.7 Å². The normalized spacial score (nSPS) is 29.0. The molecule has 3 aliphatic heterocycles. The maximum absolute atomic E-state index is 13.1. The molecule has 3 heterocycles. The van der Waals surface area contributed by atoms with Crippen LogP contribution in [0.1, 0.15) is 45.1 Å². The summed E-state index contributed by atoms with van der Waals surface area (Å²) in [6.45, 7) is 7.44. The Kier molecular flexibility index (Phi) is 6.02. The van der Waals surface area contributed by atoms with Crippen LogP contribution in [-0.2, 0) is 16.2 Å². The molecule has 3 saturated heterocycles. The number of nitrogens with one attached hydrogen (secondary N) is 1. The van der Waals surface area contributed by atoms with Crippen LogP contribution in [0.2, 0.25) is 0 Å². The van der Waals surface area contributed by atoms with E-state index in [1.165, 1.54) is 5.06 Å². The molecule has 30 heavy (non-hydrogen) atoms. The number of nitrogens with zero attached hydrogens (tertiary/aromatic N) is 3. The summed E-state index contributed by atoms with van der Waals surface area (Å²) in [6.07, 6.45) is 3.37. The first-order chi connectivity index (χ1) is 14.3. The largest absolute Gasteiger partial charge is 0.352 e. The molecule has 0 radical (unpaired) electrons. The average Bonchev–Trinajstić information content (AvgIpc) is 2.84. The zero-order valence-electron chi connectivity index (χ0n) is 18.3. The number of amides is 3. The van der Waals surface area contributed by atoms with E-state index in [1.54, 1.807) is 4.90 Å². The number of hydroxylamine groups is 2. The first kappa shape index (κ1) is 21.1. The molecule has 7 nitrogen and oxygen atoms in total. The quantitative estimate of drug-likeness (QED) is 0.805. The third kappa shape index (κ3) is 4.62. The molecule has 0 aromatic heterocycles. The standard InChI is InChI=1S/C23H34N4O3/c1-23(2)13-18(11-12-25(3)16-23)24-21(28)20-10-9-19-14-26(20)22(29)27(19)30-15-17-7-5-4-6-8-17/h4-8,18-20H,9-16H2,1-3H3,(H,24,28). The number of piperidine rings is 1. The fourth-order valence-electron chi connectivity index (χ4n) is 5.23. The van der Waals surface area contributed by atoms with Gasteiger partial charge in [0.1, 0.15) is 12.6 Å². The first-order valence-electron chi connectivity index (χ1n) is 11.1. The van der Waals surface area contributed by atoms with Crippen LogP contribution in [0.25, 0.3) is 0 Å². The molecule has 0 saturated carbocycles. The Morgan fingerprint density at radius 2 is 1.97 bits per heavy atom. The second-order valence-corrected chi connectivity index (χ2v) is 9.87. The van der Waals surface area contributed by atoms with Crippen molar-refractivity contribution < 1.29 is 14.4 Å².